The SMILES string of the molecule is Cc1cc(NC2CC(O)C2(C)C)cc(C(=O)O)c1N. The van der Waals surface area contributed by atoms with Crippen LogP contribution in [0, 0.1) is 12.3 Å². The summed E-state index contributed by atoms with van der Waals surface area (Å²) >= 11 is 0. The number of hydrogen-bond donors (Lipinski definition) is 4. The summed E-state index contributed by atoms with van der Waals surface area (Å²) in [5.41, 5.74) is 7.42. The van der Waals surface area contributed by atoms with E-state index < -0.39 is 5.97 Å². The standard InChI is InChI=1S/C14H20N2O3/c1-7-4-8(5-9(12(7)15)13(18)19)16-10-6-11(17)14(10,2)3/h4-5,10-11,16-17H,6,15H2,1-3H3,(H,18,19). The lowest BCUT2D eigenvalue weighted by molar-refractivity contribution is -0.0510. The Labute approximate surface area is 112 Å². The van der Waals surface area contributed by atoms with Gasteiger partial charge in [-0.15, -0.1) is 0 Å². The van der Waals surface area contributed by atoms with Gasteiger partial charge in [-0.3, -0.25) is 0 Å². The number of aliphatic hydroxyl groups is 1. The van der Waals surface area contributed by atoms with Gasteiger partial charge in [-0.2, -0.15) is 0 Å². The van der Waals surface area contributed by atoms with Gasteiger partial charge < -0.3 is 21.3 Å². The Balaban J connectivity index is 2.25. The molecule has 0 radical (unpaired) electrons. The molecule has 1 aliphatic carbocycles. The Morgan fingerprint density at radius 2 is 2.11 bits per heavy atom. The van der Waals surface area contributed by atoms with Crippen molar-refractivity contribution in [2.24, 2.45) is 5.41 Å². The van der Waals surface area contributed by atoms with Gasteiger partial charge in [-0.05, 0) is 31.0 Å². The van der Waals surface area contributed by atoms with E-state index in [4.69, 9.17) is 10.8 Å². The molecule has 0 heterocycles. The number of aliphatic hydroxyl groups excluding tert-OH is 1. The molecule has 5 heteroatoms. The fourth-order valence-electron chi connectivity index (χ4n) is 2.41. The van der Waals surface area contributed by atoms with Crippen LogP contribution < -0.4 is 11.1 Å². The molecule has 0 amide bonds. The smallest absolute Gasteiger partial charge is 0.337 e. The maximum absolute atomic E-state index is 11.1. The van der Waals surface area contributed by atoms with E-state index in [2.05, 4.69) is 5.32 Å². The van der Waals surface area contributed by atoms with E-state index in [0.29, 0.717) is 12.1 Å². The number of nitrogens with two attached hydrogens (primary N) is 1. The molecule has 5 nitrogen and oxygen atoms in total. The largest absolute Gasteiger partial charge is 0.478 e. The van der Waals surface area contributed by atoms with Gasteiger partial charge in [0.2, 0.25) is 0 Å². The molecule has 1 aliphatic rings. The van der Waals surface area contributed by atoms with Gasteiger partial charge in [0.15, 0.2) is 0 Å². The Morgan fingerprint density at radius 3 is 2.58 bits per heavy atom. The topological polar surface area (TPSA) is 95.6 Å². The molecule has 1 aromatic rings. The molecule has 0 aliphatic heterocycles. The van der Waals surface area contributed by atoms with Gasteiger partial charge in [0.25, 0.3) is 0 Å². The van der Waals surface area contributed by atoms with Crippen LogP contribution in [0.15, 0.2) is 12.1 Å². The summed E-state index contributed by atoms with van der Waals surface area (Å²) in [7, 11) is 0. The minimum atomic E-state index is -1.03. The van der Waals surface area contributed by atoms with Crippen molar-refractivity contribution < 1.29 is 15.0 Å². The first kappa shape index (κ1) is 13.7. The van der Waals surface area contributed by atoms with E-state index in [0.717, 1.165) is 11.3 Å². The molecule has 1 saturated carbocycles. The van der Waals surface area contributed by atoms with E-state index in [-0.39, 0.29) is 23.1 Å². The molecule has 2 atom stereocenters. The van der Waals surface area contributed by atoms with Crippen LogP contribution in [-0.4, -0.2) is 28.3 Å². The van der Waals surface area contributed by atoms with E-state index in [1.165, 1.54) is 0 Å². The quantitative estimate of drug-likeness (QED) is 0.625. The number of aryl methyl sites for hydroxylation is 1. The molecule has 1 aromatic carbocycles. The number of hydrogen-bond acceptors (Lipinski definition) is 4. The maximum Gasteiger partial charge on any atom is 0.337 e. The summed E-state index contributed by atoms with van der Waals surface area (Å²) < 4.78 is 0. The Kier molecular flexibility index (Phi) is 3.18. The average Bonchev–Trinajstić information content (AvgIpc) is 2.32. The van der Waals surface area contributed by atoms with Crippen LogP contribution in [0.4, 0.5) is 11.4 Å². The van der Waals surface area contributed by atoms with Crippen molar-refractivity contribution in [3.8, 4) is 0 Å². The van der Waals surface area contributed by atoms with Gasteiger partial charge in [0.05, 0.1) is 11.7 Å². The third-order valence-electron chi connectivity index (χ3n) is 4.17. The first-order chi connectivity index (χ1) is 8.73. The summed E-state index contributed by atoms with van der Waals surface area (Å²) in [4.78, 5) is 11.1. The number of carboxylic acids is 1. The van der Waals surface area contributed by atoms with Crippen LogP contribution in [0.2, 0.25) is 0 Å². The lowest BCUT2D eigenvalue weighted by atomic mass is 9.64. The van der Waals surface area contributed by atoms with Crippen LogP contribution in [0.1, 0.15) is 36.2 Å². The van der Waals surface area contributed by atoms with Crippen molar-refractivity contribution in [2.45, 2.75) is 39.3 Å². The van der Waals surface area contributed by atoms with Crippen LogP contribution in [0.25, 0.3) is 0 Å². The maximum atomic E-state index is 11.1. The monoisotopic (exact) mass is 264 g/mol. The number of nitrogen functional groups attached to an aromatic ring is 1. The molecule has 2 rings (SSSR count). The summed E-state index contributed by atoms with van der Waals surface area (Å²) in [6.07, 6.45) is 0.345. The summed E-state index contributed by atoms with van der Waals surface area (Å²) in [6, 6.07) is 3.51. The lowest BCUT2D eigenvalue weighted by Gasteiger charge is -2.50. The first-order valence-corrected chi connectivity index (χ1v) is 6.31. The minimum absolute atomic E-state index is 0.111. The predicted octanol–water partition coefficient (Wildman–Crippen LogP) is 1.85. The number of rotatable bonds is 3. The van der Waals surface area contributed by atoms with Gasteiger partial charge in [-0.25, -0.2) is 4.79 Å². The van der Waals surface area contributed by atoms with Gasteiger partial charge in [0.1, 0.15) is 0 Å². The van der Waals surface area contributed by atoms with Crippen molar-refractivity contribution in [3.63, 3.8) is 0 Å². The van der Waals surface area contributed by atoms with E-state index in [9.17, 15) is 9.90 Å². The molecule has 2 unspecified atom stereocenters. The number of nitrogens with one attached hydrogen (secondary N) is 1. The Hall–Kier alpha value is -1.75. The number of carboxylic acid groups (broad SMARTS) is 1. The minimum Gasteiger partial charge on any atom is -0.478 e. The first-order valence-electron chi connectivity index (χ1n) is 6.31. The van der Waals surface area contributed by atoms with E-state index in [1.807, 2.05) is 19.9 Å². The molecule has 0 spiro atoms. The third-order valence-corrected chi connectivity index (χ3v) is 4.17. The van der Waals surface area contributed by atoms with Gasteiger partial charge in [-0.1, -0.05) is 13.8 Å². The third kappa shape index (κ3) is 2.26. The summed E-state index contributed by atoms with van der Waals surface area (Å²) in [5.74, 6) is -1.03. The molecular weight excluding hydrogens is 244 g/mol. The Morgan fingerprint density at radius 1 is 1.47 bits per heavy atom. The lowest BCUT2D eigenvalue weighted by Crippen LogP contribution is -2.56. The molecular formula is C14H20N2O3. The zero-order valence-electron chi connectivity index (χ0n) is 11.4. The van der Waals surface area contributed by atoms with Crippen LogP contribution in [0.5, 0.6) is 0 Å². The van der Waals surface area contributed by atoms with E-state index >= 15 is 0 Å². The average molecular weight is 264 g/mol. The van der Waals surface area contributed by atoms with Crippen LogP contribution in [-0.2, 0) is 0 Å². The van der Waals surface area contributed by atoms with Crippen LogP contribution in [0.3, 0.4) is 0 Å². The van der Waals surface area contributed by atoms with Crippen molar-refractivity contribution in [3.05, 3.63) is 23.3 Å². The predicted molar refractivity (Wildman–Crippen MR) is 74.4 cm³/mol. The number of carbonyl (C=O) groups is 1. The molecule has 1 fully saturated rings. The van der Waals surface area contributed by atoms with Gasteiger partial charge >= 0.3 is 5.97 Å². The fourth-order valence-corrected chi connectivity index (χ4v) is 2.41. The van der Waals surface area contributed by atoms with Crippen molar-refractivity contribution in [2.75, 3.05) is 11.1 Å². The molecule has 19 heavy (non-hydrogen) atoms. The summed E-state index contributed by atoms with van der Waals surface area (Å²) in [6.45, 7) is 5.76. The van der Waals surface area contributed by atoms with E-state index in [1.54, 1.807) is 13.0 Å². The second-order valence-electron chi connectivity index (χ2n) is 5.83. The second kappa shape index (κ2) is 4.42. The summed E-state index contributed by atoms with van der Waals surface area (Å²) in [5, 5.41) is 22.1. The highest BCUT2D eigenvalue weighted by Crippen LogP contribution is 2.42. The zero-order valence-corrected chi connectivity index (χ0v) is 11.4. The molecule has 0 aromatic heterocycles. The highest BCUT2D eigenvalue weighted by Gasteiger charge is 2.47. The van der Waals surface area contributed by atoms with Crippen molar-refractivity contribution in [1.82, 2.24) is 0 Å². The zero-order chi connectivity index (χ0) is 14.4. The number of aromatic carboxylic acids is 1. The number of benzene rings is 1. The molecule has 5 N–H and O–H groups in total. The fraction of sp³-hybridized carbons (Fsp3) is 0.500. The van der Waals surface area contributed by atoms with Crippen molar-refractivity contribution >= 4 is 17.3 Å². The normalized spacial score (nSPS) is 24.6. The van der Waals surface area contributed by atoms with Crippen molar-refractivity contribution in [1.29, 1.82) is 0 Å². The Bertz CT molecular complexity index is 526. The van der Waals surface area contributed by atoms with Gasteiger partial charge in [0, 0.05) is 22.8 Å². The van der Waals surface area contributed by atoms with Crippen LogP contribution >= 0.6 is 0 Å². The molecule has 0 saturated heterocycles. The number of anilines is 2. The highest BCUT2D eigenvalue weighted by atomic mass is 16.4. The highest BCUT2D eigenvalue weighted by molar-refractivity contribution is 5.95. The molecule has 104 valence electrons. The molecule has 0 bridgehead atoms. The second-order valence-corrected chi connectivity index (χ2v) is 5.83.